The standard InChI is InChI=1S/C17H29BrN2O/c1-4-19-17(15-7-5-8-16(18)13-15)9-11-20(14(2)3)10-6-12-21/h5,7-8,13-14,17,19,21H,4,6,9-12H2,1-3H3. The van der Waals surface area contributed by atoms with Gasteiger partial charge in [-0.15, -0.1) is 0 Å². The third-order valence-corrected chi connectivity index (χ3v) is 4.23. The van der Waals surface area contributed by atoms with Crippen molar-refractivity contribution in [3.63, 3.8) is 0 Å². The van der Waals surface area contributed by atoms with Crippen LogP contribution in [0.25, 0.3) is 0 Å². The molecule has 1 aromatic carbocycles. The molecule has 0 bridgehead atoms. The molecular formula is C17H29BrN2O. The molecule has 0 aliphatic heterocycles. The van der Waals surface area contributed by atoms with Gasteiger partial charge in [-0.1, -0.05) is 35.0 Å². The van der Waals surface area contributed by atoms with Gasteiger partial charge < -0.3 is 15.3 Å². The van der Waals surface area contributed by atoms with Gasteiger partial charge >= 0.3 is 0 Å². The average Bonchev–Trinajstić information content (AvgIpc) is 2.45. The van der Waals surface area contributed by atoms with Gasteiger partial charge in [0, 0.05) is 36.3 Å². The highest BCUT2D eigenvalue weighted by molar-refractivity contribution is 9.10. The van der Waals surface area contributed by atoms with Crippen molar-refractivity contribution >= 4 is 15.9 Å². The van der Waals surface area contributed by atoms with Gasteiger partial charge in [0.25, 0.3) is 0 Å². The average molecular weight is 357 g/mol. The molecule has 0 aliphatic carbocycles. The Kier molecular flexibility index (Phi) is 9.16. The zero-order valence-corrected chi connectivity index (χ0v) is 15.1. The van der Waals surface area contributed by atoms with Crippen LogP contribution in [0.2, 0.25) is 0 Å². The van der Waals surface area contributed by atoms with Crippen molar-refractivity contribution in [3.05, 3.63) is 34.3 Å². The molecule has 0 aromatic heterocycles. The van der Waals surface area contributed by atoms with Crippen LogP contribution in [0, 0.1) is 0 Å². The van der Waals surface area contributed by atoms with Gasteiger partial charge in [-0.25, -0.2) is 0 Å². The van der Waals surface area contributed by atoms with E-state index in [0.29, 0.717) is 12.1 Å². The van der Waals surface area contributed by atoms with Gasteiger partial charge in [0.15, 0.2) is 0 Å². The Bertz CT molecular complexity index is 398. The minimum absolute atomic E-state index is 0.269. The number of aliphatic hydroxyl groups excluding tert-OH is 1. The van der Waals surface area contributed by atoms with Crippen LogP contribution in [0.4, 0.5) is 0 Å². The summed E-state index contributed by atoms with van der Waals surface area (Å²) in [6.07, 6.45) is 1.93. The fraction of sp³-hybridized carbons (Fsp3) is 0.647. The van der Waals surface area contributed by atoms with E-state index in [0.717, 1.165) is 36.9 Å². The van der Waals surface area contributed by atoms with E-state index in [9.17, 15) is 0 Å². The van der Waals surface area contributed by atoms with E-state index in [1.807, 2.05) is 0 Å². The Hall–Kier alpha value is -0.420. The zero-order valence-electron chi connectivity index (χ0n) is 13.5. The summed E-state index contributed by atoms with van der Waals surface area (Å²) in [6.45, 7) is 9.84. The van der Waals surface area contributed by atoms with Crippen LogP contribution in [-0.2, 0) is 0 Å². The van der Waals surface area contributed by atoms with E-state index in [1.54, 1.807) is 0 Å². The maximum absolute atomic E-state index is 9.02. The van der Waals surface area contributed by atoms with E-state index >= 15 is 0 Å². The van der Waals surface area contributed by atoms with Gasteiger partial charge in [-0.05, 0) is 50.9 Å². The molecule has 0 saturated heterocycles. The van der Waals surface area contributed by atoms with Crippen molar-refractivity contribution in [2.24, 2.45) is 0 Å². The summed E-state index contributed by atoms with van der Waals surface area (Å²) in [5.41, 5.74) is 1.33. The van der Waals surface area contributed by atoms with Gasteiger partial charge in [-0.2, -0.15) is 0 Å². The third-order valence-electron chi connectivity index (χ3n) is 3.74. The van der Waals surface area contributed by atoms with Gasteiger partial charge in [0.05, 0.1) is 0 Å². The van der Waals surface area contributed by atoms with Crippen LogP contribution in [0.1, 0.15) is 45.2 Å². The van der Waals surface area contributed by atoms with Crippen LogP contribution >= 0.6 is 15.9 Å². The zero-order chi connectivity index (χ0) is 15.7. The molecule has 0 fully saturated rings. The van der Waals surface area contributed by atoms with E-state index in [1.165, 1.54) is 5.56 Å². The quantitative estimate of drug-likeness (QED) is 0.672. The molecule has 0 amide bonds. The van der Waals surface area contributed by atoms with Crippen molar-refractivity contribution in [1.82, 2.24) is 10.2 Å². The van der Waals surface area contributed by atoms with Crippen molar-refractivity contribution in [2.45, 2.75) is 45.7 Å². The number of nitrogens with one attached hydrogen (secondary N) is 1. The lowest BCUT2D eigenvalue weighted by Crippen LogP contribution is -2.35. The SMILES string of the molecule is CCNC(CCN(CCCO)C(C)C)c1cccc(Br)c1. The first-order chi connectivity index (χ1) is 10.1. The second-order valence-corrected chi connectivity index (χ2v) is 6.58. The van der Waals surface area contributed by atoms with Crippen LogP contribution in [-0.4, -0.2) is 42.3 Å². The van der Waals surface area contributed by atoms with Gasteiger partial charge in [0.2, 0.25) is 0 Å². The molecule has 0 saturated carbocycles. The Morgan fingerprint density at radius 3 is 2.62 bits per heavy atom. The van der Waals surface area contributed by atoms with Crippen molar-refractivity contribution in [3.8, 4) is 0 Å². The molecule has 2 N–H and O–H groups in total. The molecule has 0 heterocycles. The Balaban J connectivity index is 2.65. The molecule has 0 spiro atoms. The number of rotatable bonds is 10. The number of benzene rings is 1. The fourth-order valence-corrected chi connectivity index (χ4v) is 2.97. The second kappa shape index (κ2) is 10.3. The smallest absolute Gasteiger partial charge is 0.0443 e. The molecule has 1 unspecified atom stereocenters. The summed E-state index contributed by atoms with van der Waals surface area (Å²) < 4.78 is 1.13. The number of hydrogen-bond donors (Lipinski definition) is 2. The normalized spacial score (nSPS) is 13.1. The van der Waals surface area contributed by atoms with Crippen molar-refractivity contribution < 1.29 is 5.11 Å². The monoisotopic (exact) mass is 356 g/mol. The van der Waals surface area contributed by atoms with Gasteiger partial charge in [0.1, 0.15) is 0 Å². The van der Waals surface area contributed by atoms with E-state index in [-0.39, 0.29) is 6.61 Å². The second-order valence-electron chi connectivity index (χ2n) is 5.66. The van der Waals surface area contributed by atoms with Crippen molar-refractivity contribution in [2.75, 3.05) is 26.2 Å². The molecule has 1 rings (SSSR count). The summed E-state index contributed by atoms with van der Waals surface area (Å²) in [4.78, 5) is 2.44. The molecule has 0 radical (unpaired) electrons. The highest BCUT2D eigenvalue weighted by Gasteiger charge is 2.15. The lowest BCUT2D eigenvalue weighted by Gasteiger charge is -2.29. The molecular weight excluding hydrogens is 328 g/mol. The first kappa shape index (κ1) is 18.6. The number of hydrogen-bond acceptors (Lipinski definition) is 3. The lowest BCUT2D eigenvalue weighted by molar-refractivity contribution is 0.184. The topological polar surface area (TPSA) is 35.5 Å². The Labute approximate surface area is 137 Å². The highest BCUT2D eigenvalue weighted by atomic mass is 79.9. The molecule has 21 heavy (non-hydrogen) atoms. The lowest BCUT2D eigenvalue weighted by atomic mass is 10.0. The maximum atomic E-state index is 9.02. The summed E-state index contributed by atoms with van der Waals surface area (Å²) in [7, 11) is 0. The van der Waals surface area contributed by atoms with Gasteiger partial charge in [-0.3, -0.25) is 0 Å². The predicted octanol–water partition coefficient (Wildman–Crippen LogP) is 3.58. The van der Waals surface area contributed by atoms with Crippen molar-refractivity contribution in [1.29, 1.82) is 0 Å². The summed E-state index contributed by atoms with van der Waals surface area (Å²) in [5.74, 6) is 0. The molecule has 3 nitrogen and oxygen atoms in total. The molecule has 0 aliphatic rings. The molecule has 120 valence electrons. The first-order valence-electron chi connectivity index (χ1n) is 7.92. The predicted molar refractivity (Wildman–Crippen MR) is 93.6 cm³/mol. The minimum Gasteiger partial charge on any atom is -0.396 e. The number of halogens is 1. The number of aliphatic hydroxyl groups is 1. The summed E-state index contributed by atoms with van der Waals surface area (Å²) in [5, 5.41) is 12.6. The van der Waals surface area contributed by atoms with Crippen LogP contribution in [0.3, 0.4) is 0 Å². The first-order valence-corrected chi connectivity index (χ1v) is 8.71. The Morgan fingerprint density at radius 1 is 1.29 bits per heavy atom. The molecule has 1 atom stereocenters. The van der Waals surface area contributed by atoms with Crippen LogP contribution < -0.4 is 5.32 Å². The Morgan fingerprint density at radius 2 is 2.05 bits per heavy atom. The minimum atomic E-state index is 0.269. The fourth-order valence-electron chi connectivity index (χ4n) is 2.55. The largest absolute Gasteiger partial charge is 0.396 e. The van der Waals surface area contributed by atoms with Crippen LogP contribution in [0.5, 0.6) is 0 Å². The third kappa shape index (κ3) is 6.92. The molecule has 1 aromatic rings. The summed E-state index contributed by atoms with van der Waals surface area (Å²) >= 11 is 3.55. The van der Waals surface area contributed by atoms with E-state index < -0.39 is 0 Å². The van der Waals surface area contributed by atoms with Crippen LogP contribution in [0.15, 0.2) is 28.7 Å². The van der Waals surface area contributed by atoms with E-state index in [4.69, 9.17) is 5.11 Å². The summed E-state index contributed by atoms with van der Waals surface area (Å²) in [6, 6.07) is 9.43. The number of nitrogens with zero attached hydrogens (tertiary/aromatic N) is 1. The van der Waals surface area contributed by atoms with E-state index in [2.05, 4.69) is 71.2 Å². The molecule has 4 heteroatoms. The highest BCUT2D eigenvalue weighted by Crippen LogP contribution is 2.21. The maximum Gasteiger partial charge on any atom is 0.0443 e.